The largest absolute Gasteiger partial charge is 0.448 e. The lowest BCUT2D eigenvalue weighted by molar-refractivity contribution is 0.0976. The second kappa shape index (κ2) is 9.52. The van der Waals surface area contributed by atoms with Crippen LogP contribution in [0.2, 0.25) is 0 Å². The van der Waals surface area contributed by atoms with Crippen molar-refractivity contribution in [2.24, 2.45) is 5.11 Å². The number of amides is 1. The molecule has 0 saturated carbocycles. The van der Waals surface area contributed by atoms with Crippen molar-refractivity contribution < 1.29 is 14.3 Å². The molecule has 8 nitrogen and oxygen atoms in total. The van der Waals surface area contributed by atoms with Crippen molar-refractivity contribution in [2.75, 3.05) is 37.7 Å². The van der Waals surface area contributed by atoms with Crippen LogP contribution in [0, 0.1) is 6.92 Å². The highest BCUT2D eigenvalue weighted by Gasteiger charge is 2.30. The van der Waals surface area contributed by atoms with Crippen LogP contribution in [0.25, 0.3) is 21.6 Å². The Bertz CT molecular complexity index is 1290. The molecule has 0 atom stereocenters. The summed E-state index contributed by atoms with van der Waals surface area (Å²) < 4.78 is 5.80. The molecule has 0 unspecified atom stereocenters. The van der Waals surface area contributed by atoms with Gasteiger partial charge in [0, 0.05) is 53.9 Å². The van der Waals surface area contributed by atoms with E-state index in [4.69, 9.17) is 10.3 Å². The molecule has 0 N–H and O–H groups in total. The average molecular weight is 468 g/mol. The van der Waals surface area contributed by atoms with Gasteiger partial charge in [-0.3, -0.25) is 4.79 Å². The summed E-state index contributed by atoms with van der Waals surface area (Å²) in [4.78, 5) is 31.0. The van der Waals surface area contributed by atoms with E-state index in [1.54, 1.807) is 17.0 Å². The molecule has 1 fully saturated rings. The molecule has 1 aliphatic heterocycles. The number of benzene rings is 3. The van der Waals surface area contributed by atoms with Gasteiger partial charge in [0.25, 0.3) is 0 Å². The second-order valence-corrected chi connectivity index (χ2v) is 8.77. The van der Waals surface area contributed by atoms with Crippen molar-refractivity contribution in [1.29, 1.82) is 0 Å². The Morgan fingerprint density at radius 1 is 1.06 bits per heavy atom. The molecule has 3 aromatic rings. The summed E-state index contributed by atoms with van der Waals surface area (Å²) in [6.45, 7) is 4.33. The number of anilines is 1. The second-order valence-electron chi connectivity index (χ2n) is 8.77. The minimum atomic E-state index is -0.320. The molecule has 5 rings (SSSR count). The third kappa shape index (κ3) is 4.20. The Morgan fingerprint density at radius 2 is 1.69 bits per heavy atom. The first kappa shape index (κ1) is 22.5. The summed E-state index contributed by atoms with van der Waals surface area (Å²) in [6.07, 6.45) is 0.423. The quantitative estimate of drug-likeness (QED) is 0.204. The van der Waals surface area contributed by atoms with E-state index in [0.29, 0.717) is 44.0 Å². The summed E-state index contributed by atoms with van der Waals surface area (Å²) in [7, 11) is 0. The summed E-state index contributed by atoms with van der Waals surface area (Å²) in [5.74, 6) is 0.0282. The van der Waals surface area contributed by atoms with Crippen molar-refractivity contribution in [2.45, 2.75) is 12.8 Å². The number of hydrogen-bond acceptors (Lipinski definition) is 5. The van der Waals surface area contributed by atoms with E-state index < -0.39 is 0 Å². The van der Waals surface area contributed by atoms with Gasteiger partial charge in [-0.25, -0.2) is 4.79 Å². The molecule has 0 radical (unpaired) electrons. The maximum atomic E-state index is 12.9. The van der Waals surface area contributed by atoms with E-state index in [0.717, 1.165) is 17.5 Å². The molecule has 0 bridgehead atoms. The molecule has 1 heterocycles. The minimum Gasteiger partial charge on any atom is -0.448 e. The van der Waals surface area contributed by atoms with Crippen molar-refractivity contribution >= 4 is 23.8 Å². The predicted octanol–water partition coefficient (Wildman–Crippen LogP) is 5.82. The molecule has 1 saturated heterocycles. The highest BCUT2D eigenvalue weighted by atomic mass is 16.6. The van der Waals surface area contributed by atoms with Gasteiger partial charge in [-0.05, 0) is 52.4 Å². The van der Waals surface area contributed by atoms with Gasteiger partial charge in [0.15, 0.2) is 0 Å². The third-order valence-electron chi connectivity index (χ3n) is 6.88. The van der Waals surface area contributed by atoms with E-state index in [1.165, 1.54) is 22.3 Å². The van der Waals surface area contributed by atoms with Gasteiger partial charge < -0.3 is 14.5 Å². The molecule has 1 amide bonds. The van der Waals surface area contributed by atoms with Crippen LogP contribution in [0.15, 0.2) is 65.8 Å². The van der Waals surface area contributed by atoms with Crippen LogP contribution >= 0.6 is 0 Å². The number of aldehydes is 1. The number of fused-ring (bicyclic) bond motifs is 3. The number of ether oxygens (including phenoxy) is 1. The number of carbonyl (C=O) groups excluding carboxylic acids is 2. The van der Waals surface area contributed by atoms with Gasteiger partial charge in [-0.15, -0.1) is 0 Å². The van der Waals surface area contributed by atoms with Crippen molar-refractivity contribution in [3.8, 4) is 11.1 Å². The smallest absolute Gasteiger partial charge is 0.409 e. The van der Waals surface area contributed by atoms with E-state index in [9.17, 15) is 9.59 Å². The predicted molar refractivity (Wildman–Crippen MR) is 134 cm³/mol. The minimum absolute atomic E-state index is 0.0282. The number of nitrogens with zero attached hydrogens (tertiary/aromatic N) is 5. The Hall–Kier alpha value is -4.29. The molecule has 3 aromatic carbocycles. The standard InChI is InChI=1S/C27H25N5O3/c1-18-25(29-30-28)14-19(16-33)15-26(18)31-10-12-32(13-11-31)27(34)35-17-24-22-8-4-2-6-20(22)21-7-3-5-9-23(21)24/h2-9,14-16,24H,10-13,17H2,1H3. The van der Waals surface area contributed by atoms with Crippen LogP contribution in [0.3, 0.4) is 0 Å². The van der Waals surface area contributed by atoms with Gasteiger partial charge in [-0.1, -0.05) is 53.6 Å². The van der Waals surface area contributed by atoms with E-state index >= 15 is 0 Å². The number of rotatable bonds is 5. The fourth-order valence-electron chi connectivity index (χ4n) is 5.07. The zero-order chi connectivity index (χ0) is 24.4. The summed E-state index contributed by atoms with van der Waals surface area (Å²) >= 11 is 0. The molecule has 0 spiro atoms. The Kier molecular flexibility index (Phi) is 6.12. The number of carbonyl (C=O) groups is 2. The molecular formula is C27H25N5O3. The van der Waals surface area contributed by atoms with Crippen LogP contribution in [-0.4, -0.2) is 50.1 Å². The fraction of sp³-hybridized carbons (Fsp3) is 0.259. The SMILES string of the molecule is Cc1c(N=[N+]=[N-])cc(C=O)cc1N1CCN(C(=O)OCC2c3ccccc3-c3ccccc32)CC1. The average Bonchev–Trinajstić information content (AvgIpc) is 3.22. The van der Waals surface area contributed by atoms with Gasteiger partial charge in [0.05, 0.1) is 0 Å². The Labute approximate surface area is 203 Å². The topological polar surface area (TPSA) is 98.6 Å². The molecule has 8 heteroatoms. The molecule has 2 aliphatic rings. The number of hydrogen-bond donors (Lipinski definition) is 0. The Balaban J connectivity index is 1.25. The van der Waals surface area contributed by atoms with Crippen LogP contribution < -0.4 is 4.90 Å². The third-order valence-corrected chi connectivity index (χ3v) is 6.88. The van der Waals surface area contributed by atoms with Gasteiger partial charge in [0.2, 0.25) is 0 Å². The lowest BCUT2D eigenvalue weighted by atomic mass is 9.98. The van der Waals surface area contributed by atoms with Crippen LogP contribution in [0.5, 0.6) is 0 Å². The molecule has 35 heavy (non-hydrogen) atoms. The number of azide groups is 1. The molecule has 0 aromatic heterocycles. The maximum Gasteiger partial charge on any atom is 0.409 e. The van der Waals surface area contributed by atoms with Gasteiger partial charge >= 0.3 is 6.09 Å². The van der Waals surface area contributed by atoms with E-state index in [-0.39, 0.29) is 12.0 Å². The van der Waals surface area contributed by atoms with E-state index in [2.05, 4.69) is 39.2 Å². The first-order valence-electron chi connectivity index (χ1n) is 11.6. The highest BCUT2D eigenvalue weighted by molar-refractivity contribution is 5.82. The lowest BCUT2D eigenvalue weighted by Crippen LogP contribution is -2.49. The van der Waals surface area contributed by atoms with Crippen LogP contribution in [0.4, 0.5) is 16.2 Å². The lowest BCUT2D eigenvalue weighted by Gasteiger charge is -2.36. The maximum absolute atomic E-state index is 12.9. The fourth-order valence-corrected chi connectivity index (χ4v) is 5.07. The van der Waals surface area contributed by atoms with Crippen molar-refractivity contribution in [3.05, 3.63) is 93.4 Å². The Morgan fingerprint density at radius 3 is 2.29 bits per heavy atom. The molecule has 176 valence electrons. The van der Waals surface area contributed by atoms with Crippen molar-refractivity contribution in [1.82, 2.24) is 4.90 Å². The summed E-state index contributed by atoms with van der Waals surface area (Å²) in [5.41, 5.74) is 16.1. The zero-order valence-electron chi connectivity index (χ0n) is 19.4. The number of piperazine rings is 1. The normalized spacial score (nSPS) is 14.7. The monoisotopic (exact) mass is 467 g/mol. The first-order chi connectivity index (χ1) is 17.1. The van der Waals surface area contributed by atoms with E-state index in [1.807, 2.05) is 31.2 Å². The summed E-state index contributed by atoms with van der Waals surface area (Å²) in [5, 5.41) is 3.72. The van der Waals surface area contributed by atoms with Gasteiger partial charge in [-0.2, -0.15) is 0 Å². The zero-order valence-corrected chi connectivity index (χ0v) is 19.4. The molecule has 1 aliphatic carbocycles. The van der Waals surface area contributed by atoms with Crippen LogP contribution in [-0.2, 0) is 4.74 Å². The highest BCUT2D eigenvalue weighted by Crippen LogP contribution is 2.44. The first-order valence-corrected chi connectivity index (χ1v) is 11.6. The van der Waals surface area contributed by atoms with Crippen molar-refractivity contribution in [3.63, 3.8) is 0 Å². The molecular weight excluding hydrogens is 442 g/mol. The van der Waals surface area contributed by atoms with Gasteiger partial charge in [0.1, 0.15) is 12.9 Å². The van der Waals surface area contributed by atoms with Crippen LogP contribution in [0.1, 0.15) is 33.0 Å². The summed E-state index contributed by atoms with van der Waals surface area (Å²) in [6, 6.07) is 19.9.